The summed E-state index contributed by atoms with van der Waals surface area (Å²) >= 11 is 0. The van der Waals surface area contributed by atoms with E-state index in [2.05, 4.69) is 19.9 Å². The Labute approximate surface area is 101 Å². The van der Waals surface area contributed by atoms with Gasteiger partial charge in [0.05, 0.1) is 0 Å². The molecule has 0 aromatic heterocycles. The molecule has 16 heavy (non-hydrogen) atoms. The van der Waals surface area contributed by atoms with Gasteiger partial charge >= 0.3 is 0 Å². The van der Waals surface area contributed by atoms with Gasteiger partial charge in [-0.2, -0.15) is 0 Å². The van der Waals surface area contributed by atoms with E-state index in [1.165, 1.54) is 44.9 Å². The largest absolute Gasteiger partial charge is 0.0845 e. The summed E-state index contributed by atoms with van der Waals surface area (Å²) in [6, 6.07) is 0. The van der Waals surface area contributed by atoms with Crippen LogP contribution in [0.3, 0.4) is 0 Å². The highest BCUT2D eigenvalue weighted by molar-refractivity contribution is 5.19. The van der Waals surface area contributed by atoms with E-state index >= 15 is 0 Å². The number of rotatable bonds is 0. The van der Waals surface area contributed by atoms with Crippen LogP contribution in [0.5, 0.6) is 0 Å². The second kappa shape index (κ2) is 4.20. The van der Waals surface area contributed by atoms with E-state index in [0.29, 0.717) is 0 Å². The van der Waals surface area contributed by atoms with Crippen LogP contribution in [0.15, 0.2) is 11.6 Å². The second-order valence-electron chi connectivity index (χ2n) is 6.73. The van der Waals surface area contributed by atoms with Crippen LogP contribution in [0, 0.1) is 29.6 Å². The fraction of sp³-hybridized carbons (Fsp3) is 0.875. The molecule has 0 amide bonds. The summed E-state index contributed by atoms with van der Waals surface area (Å²) in [5.74, 6) is 4.97. The molecule has 0 radical (unpaired) electrons. The summed E-state index contributed by atoms with van der Waals surface area (Å²) in [5.41, 5.74) is 1.90. The minimum Gasteiger partial charge on any atom is -0.0845 e. The van der Waals surface area contributed by atoms with Gasteiger partial charge in [-0.25, -0.2) is 0 Å². The average molecular weight is 218 g/mol. The topological polar surface area (TPSA) is 0 Å². The molecule has 0 aromatic carbocycles. The first-order valence-corrected chi connectivity index (χ1v) is 7.45. The molecular formula is C16H26. The van der Waals surface area contributed by atoms with Crippen molar-refractivity contribution in [2.75, 3.05) is 0 Å². The van der Waals surface area contributed by atoms with E-state index in [1.54, 1.807) is 0 Å². The van der Waals surface area contributed by atoms with Gasteiger partial charge in [0.1, 0.15) is 0 Å². The zero-order valence-electron chi connectivity index (χ0n) is 10.9. The SMILES string of the molecule is CC1CC=C2C(CCC3C2CCC[C@@H]3C)C1. The van der Waals surface area contributed by atoms with Gasteiger partial charge in [-0.1, -0.05) is 38.3 Å². The molecule has 0 nitrogen and oxygen atoms in total. The molecular weight excluding hydrogens is 192 g/mol. The van der Waals surface area contributed by atoms with E-state index in [9.17, 15) is 0 Å². The predicted molar refractivity (Wildman–Crippen MR) is 69.2 cm³/mol. The Bertz CT molecular complexity index is 288. The standard InChI is InChI=1S/C16H26/c1-11-6-8-15-13(10-11)7-9-14-12(2)4-3-5-16(14)15/h8,11-14,16H,3-7,9-10H2,1-2H3/t11?,12-,13?,14?,16?/m0/s1. The van der Waals surface area contributed by atoms with Gasteiger partial charge < -0.3 is 0 Å². The predicted octanol–water partition coefficient (Wildman–Crippen LogP) is 4.81. The van der Waals surface area contributed by atoms with Gasteiger partial charge in [0.25, 0.3) is 0 Å². The molecule has 0 N–H and O–H groups in total. The van der Waals surface area contributed by atoms with Gasteiger partial charge in [-0.3, -0.25) is 0 Å². The van der Waals surface area contributed by atoms with Crippen molar-refractivity contribution in [2.24, 2.45) is 29.6 Å². The zero-order valence-corrected chi connectivity index (χ0v) is 10.9. The molecule has 4 unspecified atom stereocenters. The molecule has 3 aliphatic carbocycles. The van der Waals surface area contributed by atoms with Crippen molar-refractivity contribution in [3.63, 3.8) is 0 Å². The number of fused-ring (bicyclic) bond motifs is 3. The highest BCUT2D eigenvalue weighted by Gasteiger charge is 2.40. The van der Waals surface area contributed by atoms with Crippen molar-refractivity contribution in [1.29, 1.82) is 0 Å². The lowest BCUT2D eigenvalue weighted by molar-refractivity contribution is 0.122. The van der Waals surface area contributed by atoms with Crippen LogP contribution >= 0.6 is 0 Å². The summed E-state index contributed by atoms with van der Waals surface area (Å²) in [6.07, 6.45) is 13.0. The molecule has 0 bridgehead atoms. The molecule has 0 aromatic rings. The Morgan fingerprint density at radius 3 is 2.81 bits per heavy atom. The van der Waals surface area contributed by atoms with Gasteiger partial charge in [-0.05, 0) is 61.7 Å². The Hall–Kier alpha value is -0.260. The third kappa shape index (κ3) is 1.75. The fourth-order valence-corrected chi connectivity index (χ4v) is 4.74. The number of hydrogen-bond donors (Lipinski definition) is 0. The lowest BCUT2D eigenvalue weighted by Crippen LogP contribution is -2.36. The normalized spacial score (nSPS) is 47.9. The Morgan fingerprint density at radius 2 is 1.94 bits per heavy atom. The molecule has 90 valence electrons. The van der Waals surface area contributed by atoms with Crippen molar-refractivity contribution in [3.8, 4) is 0 Å². The minimum absolute atomic E-state index is 0.950. The molecule has 0 heterocycles. The van der Waals surface area contributed by atoms with Crippen molar-refractivity contribution >= 4 is 0 Å². The van der Waals surface area contributed by atoms with Gasteiger partial charge in [0, 0.05) is 0 Å². The van der Waals surface area contributed by atoms with Crippen LogP contribution in [0.2, 0.25) is 0 Å². The van der Waals surface area contributed by atoms with Crippen LogP contribution in [0.4, 0.5) is 0 Å². The maximum Gasteiger partial charge on any atom is -0.0170 e. The molecule has 2 fully saturated rings. The van der Waals surface area contributed by atoms with Crippen LogP contribution in [0.25, 0.3) is 0 Å². The second-order valence-corrected chi connectivity index (χ2v) is 6.73. The average Bonchev–Trinajstić information content (AvgIpc) is 2.28. The maximum absolute atomic E-state index is 2.65. The third-order valence-electron chi connectivity index (χ3n) is 5.61. The van der Waals surface area contributed by atoms with Crippen LogP contribution in [0.1, 0.15) is 58.8 Å². The van der Waals surface area contributed by atoms with E-state index in [4.69, 9.17) is 0 Å². The van der Waals surface area contributed by atoms with Crippen molar-refractivity contribution in [3.05, 3.63) is 11.6 Å². The van der Waals surface area contributed by atoms with Crippen molar-refractivity contribution in [1.82, 2.24) is 0 Å². The van der Waals surface area contributed by atoms with Gasteiger partial charge in [-0.15, -0.1) is 0 Å². The first-order chi connectivity index (χ1) is 7.75. The lowest BCUT2D eigenvalue weighted by atomic mass is 9.58. The molecule has 0 aliphatic heterocycles. The molecule has 0 spiro atoms. The smallest absolute Gasteiger partial charge is 0.0170 e. The lowest BCUT2D eigenvalue weighted by Gasteiger charge is -2.47. The van der Waals surface area contributed by atoms with E-state index in [0.717, 1.165) is 29.6 Å². The van der Waals surface area contributed by atoms with E-state index in [1.807, 2.05) is 5.57 Å². The van der Waals surface area contributed by atoms with Gasteiger partial charge in [0.15, 0.2) is 0 Å². The number of allylic oxidation sites excluding steroid dienone is 2. The quantitative estimate of drug-likeness (QED) is 0.512. The fourth-order valence-electron chi connectivity index (χ4n) is 4.74. The summed E-state index contributed by atoms with van der Waals surface area (Å²) in [6.45, 7) is 4.94. The van der Waals surface area contributed by atoms with Crippen molar-refractivity contribution < 1.29 is 0 Å². The van der Waals surface area contributed by atoms with E-state index in [-0.39, 0.29) is 0 Å². The Morgan fingerprint density at radius 1 is 1.06 bits per heavy atom. The van der Waals surface area contributed by atoms with Crippen LogP contribution < -0.4 is 0 Å². The highest BCUT2D eigenvalue weighted by Crippen LogP contribution is 2.51. The summed E-state index contributed by atoms with van der Waals surface area (Å²) in [5, 5.41) is 0. The van der Waals surface area contributed by atoms with Crippen molar-refractivity contribution in [2.45, 2.75) is 58.8 Å². The first-order valence-electron chi connectivity index (χ1n) is 7.45. The molecule has 0 heteroatoms. The molecule has 3 rings (SSSR count). The summed E-state index contributed by atoms with van der Waals surface area (Å²) in [7, 11) is 0. The summed E-state index contributed by atoms with van der Waals surface area (Å²) in [4.78, 5) is 0. The minimum atomic E-state index is 0.950. The summed E-state index contributed by atoms with van der Waals surface area (Å²) < 4.78 is 0. The molecule has 5 atom stereocenters. The highest BCUT2D eigenvalue weighted by atomic mass is 14.4. The third-order valence-corrected chi connectivity index (χ3v) is 5.61. The molecule has 0 saturated heterocycles. The van der Waals surface area contributed by atoms with E-state index < -0.39 is 0 Å². The molecule has 2 saturated carbocycles. The monoisotopic (exact) mass is 218 g/mol. The molecule has 3 aliphatic rings. The van der Waals surface area contributed by atoms with Crippen LogP contribution in [-0.4, -0.2) is 0 Å². The zero-order chi connectivity index (χ0) is 11.1. The Kier molecular flexibility index (Phi) is 2.85. The maximum atomic E-state index is 2.65. The van der Waals surface area contributed by atoms with Crippen LogP contribution in [-0.2, 0) is 0 Å². The number of hydrogen-bond acceptors (Lipinski definition) is 0. The Balaban J connectivity index is 1.83. The first kappa shape index (κ1) is 10.9. The van der Waals surface area contributed by atoms with Gasteiger partial charge in [0.2, 0.25) is 0 Å².